The highest BCUT2D eigenvalue weighted by Gasteiger charge is 2.63. The van der Waals surface area contributed by atoms with E-state index in [1.54, 1.807) is 0 Å². The van der Waals surface area contributed by atoms with E-state index >= 15 is 0 Å². The number of ether oxygens (including phenoxy) is 1. The third kappa shape index (κ3) is 2.52. The predicted octanol–water partition coefficient (Wildman–Crippen LogP) is 3.12. The van der Waals surface area contributed by atoms with Gasteiger partial charge in [0.2, 0.25) is 0 Å². The molecule has 2 unspecified atom stereocenters. The zero-order valence-corrected chi connectivity index (χ0v) is 11.1. The molecule has 2 aliphatic rings. The van der Waals surface area contributed by atoms with Crippen molar-refractivity contribution >= 4 is 0 Å². The zero-order valence-electron chi connectivity index (χ0n) is 11.1. The first-order valence-corrected chi connectivity index (χ1v) is 6.72. The van der Waals surface area contributed by atoms with E-state index in [0.717, 1.165) is 25.9 Å². The van der Waals surface area contributed by atoms with Crippen molar-refractivity contribution in [2.24, 2.45) is 10.8 Å². The summed E-state index contributed by atoms with van der Waals surface area (Å²) in [5, 5.41) is 3.30. The van der Waals surface area contributed by atoms with Crippen LogP contribution in [0.4, 0.5) is 13.2 Å². The molecule has 5 heteroatoms. The molecule has 0 spiro atoms. The molecule has 106 valence electrons. The van der Waals surface area contributed by atoms with Crippen LogP contribution in [0.5, 0.6) is 0 Å². The molecule has 2 fully saturated rings. The summed E-state index contributed by atoms with van der Waals surface area (Å²) in [6.45, 7) is 5.67. The monoisotopic (exact) mass is 265 g/mol. The maximum absolute atomic E-state index is 12.8. The number of piperidine rings is 1. The Morgan fingerprint density at radius 1 is 1.33 bits per heavy atom. The average Bonchev–Trinajstić information content (AvgIpc) is 3.08. The molecule has 1 saturated heterocycles. The molecule has 0 aromatic rings. The van der Waals surface area contributed by atoms with E-state index in [1.165, 1.54) is 0 Å². The van der Waals surface area contributed by atoms with E-state index in [9.17, 15) is 13.2 Å². The molecule has 0 bridgehead atoms. The lowest BCUT2D eigenvalue weighted by Gasteiger charge is -2.41. The van der Waals surface area contributed by atoms with Crippen LogP contribution in [0.1, 0.15) is 39.5 Å². The van der Waals surface area contributed by atoms with E-state index < -0.39 is 11.6 Å². The minimum absolute atomic E-state index is 0.0417. The van der Waals surface area contributed by atoms with Gasteiger partial charge in [0.25, 0.3) is 0 Å². The second kappa shape index (κ2) is 4.67. The lowest BCUT2D eigenvalue weighted by atomic mass is 9.77. The summed E-state index contributed by atoms with van der Waals surface area (Å²) in [6, 6.07) is 0. The molecule has 1 aliphatic carbocycles. The second-order valence-electron chi connectivity index (χ2n) is 6.05. The molecule has 18 heavy (non-hydrogen) atoms. The minimum Gasteiger partial charge on any atom is -0.377 e. The van der Waals surface area contributed by atoms with Crippen molar-refractivity contribution < 1.29 is 17.9 Å². The predicted molar refractivity (Wildman–Crippen MR) is 63.3 cm³/mol. The van der Waals surface area contributed by atoms with Crippen LogP contribution >= 0.6 is 0 Å². The highest BCUT2D eigenvalue weighted by molar-refractivity contribution is 5.00. The summed E-state index contributed by atoms with van der Waals surface area (Å²) in [5.41, 5.74) is -1.58. The molecule has 2 atom stereocenters. The maximum atomic E-state index is 12.8. The lowest BCUT2D eigenvalue weighted by molar-refractivity contribution is -0.211. The van der Waals surface area contributed by atoms with Crippen LogP contribution in [-0.2, 0) is 4.74 Å². The van der Waals surface area contributed by atoms with Gasteiger partial charge in [0, 0.05) is 12.0 Å². The van der Waals surface area contributed by atoms with Crippen molar-refractivity contribution in [3.8, 4) is 0 Å². The quantitative estimate of drug-likeness (QED) is 0.843. The third-order valence-electron chi connectivity index (χ3n) is 4.71. The lowest BCUT2D eigenvalue weighted by Crippen LogP contribution is -2.49. The fourth-order valence-corrected chi connectivity index (χ4v) is 2.63. The summed E-state index contributed by atoms with van der Waals surface area (Å²) in [6.07, 6.45) is -1.98. The van der Waals surface area contributed by atoms with Crippen LogP contribution in [0.25, 0.3) is 0 Å². The fraction of sp³-hybridized carbons (Fsp3) is 1.00. The van der Waals surface area contributed by atoms with Crippen LogP contribution in [0.15, 0.2) is 0 Å². The smallest absolute Gasteiger partial charge is 0.377 e. The summed E-state index contributed by atoms with van der Waals surface area (Å²) < 4.78 is 44.2. The maximum Gasteiger partial charge on any atom is 0.396 e. The molecule has 1 heterocycles. The van der Waals surface area contributed by atoms with Crippen molar-refractivity contribution in [3.05, 3.63) is 0 Å². The van der Waals surface area contributed by atoms with Crippen LogP contribution < -0.4 is 5.32 Å². The largest absolute Gasteiger partial charge is 0.396 e. The van der Waals surface area contributed by atoms with Gasteiger partial charge in [-0.3, -0.25) is 0 Å². The molecular formula is C13H22F3NO. The first-order chi connectivity index (χ1) is 8.33. The SMILES string of the molecule is CCC1(C)CNCCC1OCC1(C(F)(F)F)CC1. The van der Waals surface area contributed by atoms with Gasteiger partial charge in [-0.25, -0.2) is 0 Å². The number of nitrogens with one attached hydrogen (secondary N) is 1. The van der Waals surface area contributed by atoms with Gasteiger partial charge < -0.3 is 10.1 Å². The Morgan fingerprint density at radius 2 is 2.00 bits per heavy atom. The molecule has 1 N–H and O–H groups in total. The van der Waals surface area contributed by atoms with Crippen LogP contribution in [0.3, 0.4) is 0 Å². The van der Waals surface area contributed by atoms with Gasteiger partial charge in [0.05, 0.1) is 18.1 Å². The number of alkyl halides is 3. The standard InChI is InChI=1S/C13H22F3NO/c1-3-11(2)8-17-7-4-10(11)18-9-12(5-6-12)13(14,15)16/h10,17H,3-9H2,1-2H3. The molecule has 1 aliphatic heterocycles. The van der Waals surface area contributed by atoms with E-state index in [2.05, 4.69) is 19.2 Å². The van der Waals surface area contributed by atoms with Crippen molar-refractivity contribution in [3.63, 3.8) is 0 Å². The Labute approximate surface area is 106 Å². The third-order valence-corrected chi connectivity index (χ3v) is 4.71. The highest BCUT2D eigenvalue weighted by atomic mass is 19.4. The highest BCUT2D eigenvalue weighted by Crippen LogP contribution is 2.58. The average molecular weight is 265 g/mol. The van der Waals surface area contributed by atoms with Crippen LogP contribution in [0.2, 0.25) is 0 Å². The van der Waals surface area contributed by atoms with Gasteiger partial charge in [-0.15, -0.1) is 0 Å². The summed E-state index contributed by atoms with van der Waals surface area (Å²) in [4.78, 5) is 0. The Morgan fingerprint density at radius 3 is 2.50 bits per heavy atom. The van der Waals surface area contributed by atoms with Gasteiger partial charge in [-0.2, -0.15) is 13.2 Å². The van der Waals surface area contributed by atoms with Crippen molar-refractivity contribution in [2.45, 2.75) is 51.8 Å². The first-order valence-electron chi connectivity index (χ1n) is 6.72. The Balaban J connectivity index is 1.93. The van der Waals surface area contributed by atoms with Crippen LogP contribution in [-0.4, -0.2) is 32.0 Å². The van der Waals surface area contributed by atoms with Gasteiger partial charge in [-0.05, 0) is 32.2 Å². The minimum atomic E-state index is -4.11. The molecule has 2 rings (SSSR count). The summed E-state index contributed by atoms with van der Waals surface area (Å²) in [5.74, 6) is 0. The van der Waals surface area contributed by atoms with Gasteiger partial charge in [0.1, 0.15) is 0 Å². The van der Waals surface area contributed by atoms with Gasteiger partial charge in [0.15, 0.2) is 0 Å². The number of rotatable bonds is 4. The summed E-state index contributed by atoms with van der Waals surface area (Å²) in [7, 11) is 0. The summed E-state index contributed by atoms with van der Waals surface area (Å²) >= 11 is 0. The molecule has 0 aromatic carbocycles. The Kier molecular flexibility index (Phi) is 3.67. The normalized spacial score (nSPS) is 35.5. The van der Waals surface area contributed by atoms with Crippen molar-refractivity contribution in [1.29, 1.82) is 0 Å². The van der Waals surface area contributed by atoms with Crippen LogP contribution in [0, 0.1) is 10.8 Å². The molecule has 0 radical (unpaired) electrons. The molecule has 0 amide bonds. The van der Waals surface area contributed by atoms with E-state index in [1.807, 2.05) is 0 Å². The first kappa shape index (κ1) is 14.1. The number of hydrogen-bond acceptors (Lipinski definition) is 2. The Hall–Kier alpha value is -0.290. The second-order valence-corrected chi connectivity index (χ2v) is 6.05. The zero-order chi connectivity index (χ0) is 13.4. The van der Waals surface area contributed by atoms with E-state index in [-0.39, 0.29) is 31.0 Å². The van der Waals surface area contributed by atoms with Crippen molar-refractivity contribution in [1.82, 2.24) is 5.32 Å². The van der Waals surface area contributed by atoms with E-state index in [4.69, 9.17) is 4.74 Å². The fourth-order valence-electron chi connectivity index (χ4n) is 2.63. The molecule has 1 saturated carbocycles. The van der Waals surface area contributed by atoms with Gasteiger partial charge in [-0.1, -0.05) is 13.8 Å². The van der Waals surface area contributed by atoms with E-state index in [0.29, 0.717) is 0 Å². The molecule has 0 aromatic heterocycles. The molecular weight excluding hydrogens is 243 g/mol. The molecule has 2 nitrogen and oxygen atoms in total. The van der Waals surface area contributed by atoms with Crippen molar-refractivity contribution in [2.75, 3.05) is 19.7 Å². The number of hydrogen-bond donors (Lipinski definition) is 1. The van der Waals surface area contributed by atoms with Gasteiger partial charge >= 0.3 is 6.18 Å². The Bertz CT molecular complexity index is 301. The number of halogens is 3. The topological polar surface area (TPSA) is 21.3 Å².